The monoisotopic (exact) mass is 570 g/mol. The third kappa shape index (κ3) is 8.71. The lowest BCUT2D eigenvalue weighted by Crippen LogP contribution is -2.51. The van der Waals surface area contributed by atoms with Gasteiger partial charge in [0.25, 0.3) is 0 Å². The molecule has 0 amide bonds. The van der Waals surface area contributed by atoms with E-state index in [1.54, 1.807) is 0 Å². The summed E-state index contributed by atoms with van der Waals surface area (Å²) in [5.41, 5.74) is 1.39. The second kappa shape index (κ2) is 13.6. The van der Waals surface area contributed by atoms with Crippen LogP contribution in [0.4, 0.5) is 0 Å². The van der Waals surface area contributed by atoms with Gasteiger partial charge in [0.2, 0.25) is 0 Å². The van der Waals surface area contributed by atoms with Crippen LogP contribution >= 0.6 is 0 Å². The highest BCUT2D eigenvalue weighted by Crippen LogP contribution is 2.45. The summed E-state index contributed by atoms with van der Waals surface area (Å²) in [4.78, 5) is 0. The summed E-state index contributed by atoms with van der Waals surface area (Å²) in [5.74, 6) is 0.220. The SMILES string of the molecule is C[C@H](CCOCc1ccccc1)[C@H]1O[C@@H](C[C@H]2O[C@]2(C)CO)[C@](C)(O[Si](C)(C)C)CC[C@@H]1OCc1ccccc1. The zero-order valence-corrected chi connectivity index (χ0v) is 26.3. The molecule has 0 bridgehead atoms. The molecule has 2 aliphatic heterocycles. The molecule has 0 spiro atoms. The molecule has 2 aliphatic rings. The highest BCUT2D eigenvalue weighted by molar-refractivity contribution is 6.69. The van der Waals surface area contributed by atoms with Crippen LogP contribution < -0.4 is 0 Å². The zero-order chi connectivity index (χ0) is 28.8. The first kappa shape index (κ1) is 31.4. The van der Waals surface area contributed by atoms with Crippen LogP contribution in [-0.4, -0.2) is 62.3 Å². The summed E-state index contributed by atoms with van der Waals surface area (Å²) in [6.45, 7) is 15.0. The topological polar surface area (TPSA) is 69.7 Å². The smallest absolute Gasteiger partial charge is 0.184 e. The molecular weight excluding hydrogens is 520 g/mol. The quantitative estimate of drug-likeness (QED) is 0.159. The van der Waals surface area contributed by atoms with E-state index < -0.39 is 19.5 Å². The van der Waals surface area contributed by atoms with E-state index in [2.05, 4.69) is 69.9 Å². The largest absolute Gasteiger partial charge is 0.410 e. The fourth-order valence-corrected chi connectivity index (χ4v) is 7.50. The predicted octanol–water partition coefficient (Wildman–Crippen LogP) is 6.51. The van der Waals surface area contributed by atoms with Gasteiger partial charge in [0.05, 0.1) is 49.8 Å². The van der Waals surface area contributed by atoms with Gasteiger partial charge in [-0.05, 0) is 69.8 Å². The van der Waals surface area contributed by atoms with Crippen molar-refractivity contribution < 1.29 is 28.5 Å². The molecule has 2 saturated heterocycles. The molecule has 0 aliphatic carbocycles. The summed E-state index contributed by atoms with van der Waals surface area (Å²) >= 11 is 0. The van der Waals surface area contributed by atoms with Crippen molar-refractivity contribution in [2.75, 3.05) is 13.2 Å². The molecular formula is C33H50O6Si. The molecule has 1 N–H and O–H groups in total. The Morgan fingerprint density at radius 1 is 0.950 bits per heavy atom. The average molecular weight is 571 g/mol. The standard InChI is InChI=1S/C33H50O6Si/c1-25(18-20-35-22-26-13-9-7-10-14-26)31-28(36-23-27-15-11-8-12-16-27)17-19-32(2,39-40(4,5)6)29(37-31)21-30-33(3,24-34)38-30/h7-16,25,28-31,34H,17-24H2,1-6H3/t25-,28+,29+,30-,31-,32-,33-/m1/s1. The molecule has 2 fully saturated rings. The summed E-state index contributed by atoms with van der Waals surface area (Å²) in [6.07, 6.45) is 2.88. The number of ether oxygens (including phenoxy) is 4. The molecule has 2 aromatic carbocycles. The number of benzene rings is 2. The molecule has 0 aromatic heterocycles. The third-order valence-electron chi connectivity index (χ3n) is 8.31. The van der Waals surface area contributed by atoms with Crippen molar-refractivity contribution in [3.63, 3.8) is 0 Å². The lowest BCUT2D eigenvalue weighted by atomic mass is 9.88. The van der Waals surface area contributed by atoms with Gasteiger partial charge in [-0.3, -0.25) is 0 Å². The first-order valence-electron chi connectivity index (χ1n) is 14.9. The van der Waals surface area contributed by atoms with Crippen LogP contribution in [0.15, 0.2) is 60.7 Å². The average Bonchev–Trinajstić information content (AvgIpc) is 3.61. The number of hydrogen-bond donors (Lipinski definition) is 1. The van der Waals surface area contributed by atoms with Crippen molar-refractivity contribution in [1.29, 1.82) is 0 Å². The van der Waals surface area contributed by atoms with Crippen LogP contribution in [0, 0.1) is 5.92 Å². The minimum atomic E-state index is -1.89. The minimum absolute atomic E-state index is 0.0113. The molecule has 4 rings (SSSR count). The first-order valence-corrected chi connectivity index (χ1v) is 18.3. The maximum absolute atomic E-state index is 9.88. The van der Waals surface area contributed by atoms with Gasteiger partial charge in [-0.2, -0.15) is 0 Å². The van der Waals surface area contributed by atoms with Crippen LogP contribution in [0.5, 0.6) is 0 Å². The van der Waals surface area contributed by atoms with Crippen LogP contribution in [0.3, 0.4) is 0 Å². The molecule has 7 atom stereocenters. The number of hydrogen-bond acceptors (Lipinski definition) is 6. The summed E-state index contributed by atoms with van der Waals surface area (Å²) in [6, 6.07) is 20.6. The zero-order valence-electron chi connectivity index (χ0n) is 25.3. The number of rotatable bonds is 14. The Morgan fingerprint density at radius 3 is 2.15 bits per heavy atom. The van der Waals surface area contributed by atoms with Gasteiger partial charge in [-0.1, -0.05) is 67.6 Å². The van der Waals surface area contributed by atoms with E-state index in [1.165, 1.54) is 5.56 Å². The molecule has 222 valence electrons. The van der Waals surface area contributed by atoms with Gasteiger partial charge in [0, 0.05) is 13.0 Å². The molecule has 2 heterocycles. The van der Waals surface area contributed by atoms with Gasteiger partial charge in [0.15, 0.2) is 8.32 Å². The van der Waals surface area contributed by atoms with Crippen molar-refractivity contribution in [1.82, 2.24) is 0 Å². The van der Waals surface area contributed by atoms with E-state index in [9.17, 15) is 5.11 Å². The molecule has 0 unspecified atom stereocenters. The Kier molecular flexibility index (Phi) is 10.7. The highest BCUT2D eigenvalue weighted by atomic mass is 28.4. The fraction of sp³-hybridized carbons (Fsp3) is 0.636. The van der Waals surface area contributed by atoms with E-state index in [0.29, 0.717) is 26.2 Å². The number of epoxide rings is 1. The second-order valence-electron chi connectivity index (χ2n) is 13.1. The molecule has 6 nitrogen and oxygen atoms in total. The van der Waals surface area contributed by atoms with Crippen molar-refractivity contribution in [3.8, 4) is 0 Å². The number of aliphatic hydroxyl groups excluding tert-OH is 1. The van der Waals surface area contributed by atoms with Gasteiger partial charge in [0.1, 0.15) is 5.60 Å². The summed E-state index contributed by atoms with van der Waals surface area (Å²) in [5, 5.41) is 9.88. The Labute approximate surface area is 242 Å². The third-order valence-corrected chi connectivity index (χ3v) is 9.39. The Morgan fingerprint density at radius 2 is 1.57 bits per heavy atom. The summed E-state index contributed by atoms with van der Waals surface area (Å²) < 4.78 is 32.6. The first-order chi connectivity index (χ1) is 19.0. The van der Waals surface area contributed by atoms with E-state index >= 15 is 0 Å². The number of aliphatic hydroxyl groups is 1. The molecule has 40 heavy (non-hydrogen) atoms. The molecule has 2 aromatic rings. The molecule has 0 saturated carbocycles. The van der Waals surface area contributed by atoms with Crippen molar-refractivity contribution in [2.24, 2.45) is 5.92 Å². The van der Waals surface area contributed by atoms with Crippen LogP contribution in [-0.2, 0) is 36.6 Å². The van der Waals surface area contributed by atoms with Gasteiger partial charge >= 0.3 is 0 Å². The van der Waals surface area contributed by atoms with Gasteiger partial charge < -0.3 is 28.5 Å². The maximum atomic E-state index is 9.88. The minimum Gasteiger partial charge on any atom is -0.410 e. The Balaban J connectivity index is 1.50. The normalized spacial score (nSPS) is 31.5. The highest BCUT2D eigenvalue weighted by Gasteiger charge is 2.56. The summed E-state index contributed by atoms with van der Waals surface area (Å²) in [7, 11) is -1.89. The predicted molar refractivity (Wildman–Crippen MR) is 161 cm³/mol. The van der Waals surface area contributed by atoms with Crippen LogP contribution in [0.25, 0.3) is 0 Å². The lowest BCUT2D eigenvalue weighted by molar-refractivity contribution is -0.155. The van der Waals surface area contributed by atoms with E-state index in [1.807, 2.05) is 31.2 Å². The van der Waals surface area contributed by atoms with Gasteiger partial charge in [-0.15, -0.1) is 0 Å². The van der Waals surface area contributed by atoms with Crippen molar-refractivity contribution in [2.45, 2.75) is 115 Å². The lowest BCUT2D eigenvalue weighted by Gasteiger charge is -2.42. The fourth-order valence-electron chi connectivity index (χ4n) is 5.87. The second-order valence-corrected chi connectivity index (χ2v) is 17.5. The Bertz CT molecular complexity index is 1030. The van der Waals surface area contributed by atoms with Crippen LogP contribution in [0.2, 0.25) is 19.6 Å². The Hall–Kier alpha value is -1.58. The van der Waals surface area contributed by atoms with Crippen molar-refractivity contribution >= 4 is 8.32 Å². The molecule has 0 radical (unpaired) electrons. The van der Waals surface area contributed by atoms with E-state index in [-0.39, 0.29) is 36.9 Å². The van der Waals surface area contributed by atoms with Crippen LogP contribution in [0.1, 0.15) is 57.6 Å². The molecule has 7 heteroatoms. The maximum Gasteiger partial charge on any atom is 0.184 e. The van der Waals surface area contributed by atoms with Crippen molar-refractivity contribution in [3.05, 3.63) is 71.8 Å². The van der Waals surface area contributed by atoms with E-state index in [4.69, 9.17) is 23.4 Å². The van der Waals surface area contributed by atoms with Gasteiger partial charge in [-0.25, -0.2) is 0 Å². The van der Waals surface area contributed by atoms with E-state index in [0.717, 1.165) is 24.8 Å².